The van der Waals surface area contributed by atoms with Gasteiger partial charge in [-0.2, -0.15) is 0 Å². The van der Waals surface area contributed by atoms with Crippen molar-refractivity contribution in [1.82, 2.24) is 0 Å². The first kappa shape index (κ1) is 15.0. The van der Waals surface area contributed by atoms with Crippen LogP contribution in [0.2, 0.25) is 0 Å². The molecule has 0 aromatic heterocycles. The highest BCUT2D eigenvalue weighted by atomic mass is 32.2. The average Bonchev–Trinajstić information content (AvgIpc) is 2.38. The molecule has 0 fully saturated rings. The monoisotopic (exact) mass is 270 g/mol. The van der Waals surface area contributed by atoms with Gasteiger partial charge in [0.05, 0.1) is 10.6 Å². The van der Waals surface area contributed by atoms with E-state index in [9.17, 15) is 8.42 Å². The van der Waals surface area contributed by atoms with Crippen LogP contribution in [-0.4, -0.2) is 34.3 Å². The number of hydrogen-bond acceptors (Lipinski definition) is 4. The highest BCUT2D eigenvalue weighted by Crippen LogP contribution is 2.18. The van der Waals surface area contributed by atoms with Crippen LogP contribution < -0.4 is 10.6 Å². The lowest BCUT2D eigenvalue weighted by Gasteiger charge is -2.22. The lowest BCUT2D eigenvalue weighted by atomic mass is 10.1. The number of sulfone groups is 1. The molecule has 1 aromatic rings. The number of anilines is 1. The van der Waals surface area contributed by atoms with Gasteiger partial charge in [-0.25, -0.2) is 8.42 Å². The summed E-state index contributed by atoms with van der Waals surface area (Å²) in [6.07, 6.45) is 0. The Labute approximate surface area is 110 Å². The Morgan fingerprint density at radius 1 is 1.28 bits per heavy atom. The van der Waals surface area contributed by atoms with Gasteiger partial charge in [0.2, 0.25) is 0 Å². The Kier molecular flexibility index (Phi) is 5.16. The van der Waals surface area contributed by atoms with Crippen molar-refractivity contribution in [3.05, 3.63) is 24.3 Å². The third-order valence-electron chi connectivity index (χ3n) is 3.00. The molecule has 0 saturated heterocycles. The van der Waals surface area contributed by atoms with E-state index < -0.39 is 9.84 Å². The van der Waals surface area contributed by atoms with Crippen LogP contribution in [-0.2, 0) is 9.84 Å². The number of nitrogens with zero attached hydrogens (tertiary/aromatic N) is 1. The van der Waals surface area contributed by atoms with E-state index in [0.717, 1.165) is 12.2 Å². The molecular weight excluding hydrogens is 248 g/mol. The topological polar surface area (TPSA) is 63.4 Å². The molecule has 1 aromatic carbocycles. The van der Waals surface area contributed by atoms with Crippen molar-refractivity contribution in [2.75, 3.05) is 30.8 Å². The lowest BCUT2D eigenvalue weighted by molar-refractivity contribution is 0.589. The SMILES string of the molecule is CCS(=O)(=O)c1ccc(N(C)CC(C)CN)cc1. The second kappa shape index (κ2) is 6.20. The maximum atomic E-state index is 11.7. The Balaban J connectivity index is 2.83. The van der Waals surface area contributed by atoms with E-state index >= 15 is 0 Å². The molecule has 4 nitrogen and oxygen atoms in total. The zero-order valence-corrected chi connectivity index (χ0v) is 12.1. The molecular formula is C13H22N2O2S. The van der Waals surface area contributed by atoms with Crippen molar-refractivity contribution in [1.29, 1.82) is 0 Å². The maximum Gasteiger partial charge on any atom is 0.178 e. The van der Waals surface area contributed by atoms with Crippen LogP contribution in [0.3, 0.4) is 0 Å². The molecule has 0 saturated carbocycles. The van der Waals surface area contributed by atoms with Crippen LogP contribution in [0.5, 0.6) is 0 Å². The molecule has 2 N–H and O–H groups in total. The van der Waals surface area contributed by atoms with Gasteiger partial charge in [-0.15, -0.1) is 0 Å². The van der Waals surface area contributed by atoms with Crippen LogP contribution in [0.25, 0.3) is 0 Å². The summed E-state index contributed by atoms with van der Waals surface area (Å²) in [5.74, 6) is 0.543. The van der Waals surface area contributed by atoms with Gasteiger partial charge in [-0.3, -0.25) is 0 Å². The second-order valence-corrected chi connectivity index (χ2v) is 6.90. The molecule has 0 spiro atoms. The fraction of sp³-hybridized carbons (Fsp3) is 0.538. The largest absolute Gasteiger partial charge is 0.374 e. The Morgan fingerprint density at radius 3 is 2.28 bits per heavy atom. The van der Waals surface area contributed by atoms with Crippen LogP contribution in [0.4, 0.5) is 5.69 Å². The summed E-state index contributed by atoms with van der Waals surface area (Å²) >= 11 is 0. The fourth-order valence-corrected chi connectivity index (χ4v) is 2.61. The van der Waals surface area contributed by atoms with Gasteiger partial charge in [-0.1, -0.05) is 13.8 Å². The highest BCUT2D eigenvalue weighted by Gasteiger charge is 2.12. The van der Waals surface area contributed by atoms with Crippen LogP contribution >= 0.6 is 0 Å². The summed E-state index contributed by atoms with van der Waals surface area (Å²) in [6, 6.07) is 7.01. The predicted octanol–water partition coefficient (Wildman–Crippen LogP) is 1.51. The van der Waals surface area contributed by atoms with E-state index in [1.54, 1.807) is 19.1 Å². The van der Waals surface area contributed by atoms with Crippen molar-refractivity contribution in [3.8, 4) is 0 Å². The molecule has 0 aliphatic rings. The molecule has 0 heterocycles. The quantitative estimate of drug-likeness (QED) is 0.851. The first-order chi connectivity index (χ1) is 8.40. The van der Waals surface area contributed by atoms with E-state index in [-0.39, 0.29) is 5.75 Å². The van der Waals surface area contributed by atoms with Crippen molar-refractivity contribution in [2.45, 2.75) is 18.7 Å². The normalized spacial score (nSPS) is 13.3. The van der Waals surface area contributed by atoms with Gasteiger partial charge >= 0.3 is 0 Å². The molecule has 0 amide bonds. The van der Waals surface area contributed by atoms with E-state index in [4.69, 9.17) is 5.73 Å². The van der Waals surface area contributed by atoms with Crippen LogP contribution in [0.1, 0.15) is 13.8 Å². The van der Waals surface area contributed by atoms with Gasteiger partial charge in [0, 0.05) is 19.3 Å². The Bertz CT molecular complexity index is 468. The molecule has 0 bridgehead atoms. The molecule has 0 radical (unpaired) electrons. The van der Waals surface area contributed by atoms with Crippen molar-refractivity contribution >= 4 is 15.5 Å². The van der Waals surface area contributed by atoms with Gasteiger partial charge in [0.1, 0.15) is 0 Å². The van der Waals surface area contributed by atoms with Crippen molar-refractivity contribution < 1.29 is 8.42 Å². The number of nitrogens with two attached hydrogens (primary N) is 1. The molecule has 1 rings (SSSR count). The standard InChI is InChI=1S/C13H22N2O2S/c1-4-18(16,17)13-7-5-12(6-8-13)15(3)10-11(2)9-14/h5-8,11H,4,9-10,14H2,1-3H3. The molecule has 18 heavy (non-hydrogen) atoms. The third kappa shape index (κ3) is 3.71. The first-order valence-electron chi connectivity index (χ1n) is 6.14. The number of benzene rings is 1. The first-order valence-corrected chi connectivity index (χ1v) is 7.80. The van der Waals surface area contributed by atoms with Gasteiger partial charge in [-0.05, 0) is 36.7 Å². The molecule has 1 unspecified atom stereocenters. The molecule has 1 atom stereocenters. The Hall–Kier alpha value is -1.07. The minimum atomic E-state index is -3.11. The van der Waals surface area contributed by atoms with Gasteiger partial charge in [0.15, 0.2) is 9.84 Å². The van der Waals surface area contributed by atoms with E-state index in [0.29, 0.717) is 17.4 Å². The van der Waals surface area contributed by atoms with E-state index in [1.807, 2.05) is 19.2 Å². The minimum absolute atomic E-state index is 0.131. The zero-order valence-electron chi connectivity index (χ0n) is 11.3. The number of rotatable bonds is 6. The van der Waals surface area contributed by atoms with E-state index in [1.165, 1.54) is 0 Å². The molecule has 102 valence electrons. The predicted molar refractivity (Wildman–Crippen MR) is 75.7 cm³/mol. The maximum absolute atomic E-state index is 11.7. The summed E-state index contributed by atoms with van der Waals surface area (Å²) < 4.78 is 23.4. The molecule has 0 aliphatic carbocycles. The zero-order chi connectivity index (χ0) is 13.8. The number of hydrogen-bond donors (Lipinski definition) is 1. The second-order valence-electron chi connectivity index (χ2n) is 4.62. The average molecular weight is 270 g/mol. The molecule has 5 heteroatoms. The Morgan fingerprint density at radius 2 is 1.83 bits per heavy atom. The summed E-state index contributed by atoms with van der Waals surface area (Å²) in [5.41, 5.74) is 6.60. The highest BCUT2D eigenvalue weighted by molar-refractivity contribution is 7.91. The third-order valence-corrected chi connectivity index (χ3v) is 4.76. The fourth-order valence-electron chi connectivity index (χ4n) is 1.72. The smallest absolute Gasteiger partial charge is 0.178 e. The van der Waals surface area contributed by atoms with E-state index in [2.05, 4.69) is 11.8 Å². The summed E-state index contributed by atoms with van der Waals surface area (Å²) in [7, 11) is -1.13. The van der Waals surface area contributed by atoms with Crippen LogP contribution in [0, 0.1) is 5.92 Å². The van der Waals surface area contributed by atoms with Crippen molar-refractivity contribution in [2.24, 2.45) is 11.7 Å². The summed E-state index contributed by atoms with van der Waals surface area (Å²) in [4.78, 5) is 2.47. The molecule has 0 aliphatic heterocycles. The van der Waals surface area contributed by atoms with Crippen LogP contribution in [0.15, 0.2) is 29.2 Å². The lowest BCUT2D eigenvalue weighted by Crippen LogP contribution is -2.28. The minimum Gasteiger partial charge on any atom is -0.374 e. The summed E-state index contributed by atoms with van der Waals surface area (Å²) in [6.45, 7) is 5.24. The van der Waals surface area contributed by atoms with Gasteiger partial charge < -0.3 is 10.6 Å². The van der Waals surface area contributed by atoms with Gasteiger partial charge in [0.25, 0.3) is 0 Å². The summed E-state index contributed by atoms with van der Waals surface area (Å²) in [5, 5.41) is 0. The van der Waals surface area contributed by atoms with Crippen molar-refractivity contribution in [3.63, 3.8) is 0 Å².